The molecule has 180 valence electrons. The third-order valence-corrected chi connectivity index (χ3v) is 5.49. The fourth-order valence-electron chi connectivity index (χ4n) is 3.95. The summed E-state index contributed by atoms with van der Waals surface area (Å²) in [5, 5.41) is 2.47. The second kappa shape index (κ2) is 10.3. The van der Waals surface area contributed by atoms with Crippen LogP contribution in [0.3, 0.4) is 0 Å². The number of fused-ring (bicyclic) bond motifs is 1. The molecule has 4 rings (SSSR count). The molecule has 1 aromatic heterocycles. The zero-order valence-corrected chi connectivity index (χ0v) is 19.8. The minimum absolute atomic E-state index is 0.0433. The molecule has 8 nitrogen and oxygen atoms in total. The number of ether oxygens (including phenoxy) is 3. The summed E-state index contributed by atoms with van der Waals surface area (Å²) >= 11 is 0. The molecule has 35 heavy (non-hydrogen) atoms. The topological polar surface area (TPSA) is 95.9 Å². The number of hydrogen-bond acceptors (Lipinski definition) is 6. The van der Waals surface area contributed by atoms with Crippen molar-refractivity contribution < 1.29 is 28.6 Å². The Balaban J connectivity index is 1.51. The van der Waals surface area contributed by atoms with E-state index in [4.69, 9.17) is 14.2 Å². The van der Waals surface area contributed by atoms with Crippen molar-refractivity contribution in [2.75, 3.05) is 19.8 Å². The highest BCUT2D eigenvalue weighted by Gasteiger charge is 2.21. The lowest BCUT2D eigenvalue weighted by Gasteiger charge is -2.20. The van der Waals surface area contributed by atoms with Crippen LogP contribution in [0, 0.1) is 13.8 Å². The van der Waals surface area contributed by atoms with Crippen molar-refractivity contribution in [1.82, 2.24) is 9.88 Å². The van der Waals surface area contributed by atoms with Crippen LogP contribution in [0.15, 0.2) is 60.3 Å². The van der Waals surface area contributed by atoms with Crippen LogP contribution < -0.4 is 14.8 Å². The van der Waals surface area contributed by atoms with Gasteiger partial charge in [0.25, 0.3) is 0 Å². The van der Waals surface area contributed by atoms with E-state index in [2.05, 4.69) is 5.32 Å². The number of carbonyl (C=O) groups excluding carboxylic acids is 3. The number of carbonyl (C=O) groups is 3. The lowest BCUT2D eigenvalue weighted by molar-refractivity contribution is -0.139. The first kappa shape index (κ1) is 23.8. The number of hydrogen-bond donors (Lipinski definition) is 1. The number of Topliss-reactive ketones (excluding diaryl/α,β-unsaturated/α-hetero) is 1. The average molecular weight is 475 g/mol. The predicted molar refractivity (Wildman–Crippen MR) is 130 cm³/mol. The molecular weight excluding hydrogens is 448 g/mol. The maximum absolute atomic E-state index is 13.0. The maximum Gasteiger partial charge on any atom is 0.355 e. The summed E-state index contributed by atoms with van der Waals surface area (Å²) in [5.41, 5.74) is 3.50. The molecule has 8 heteroatoms. The molecular formula is C27H26N2O6. The highest BCUT2D eigenvalue weighted by molar-refractivity contribution is 6.02. The Kier molecular flexibility index (Phi) is 7.01. The van der Waals surface area contributed by atoms with E-state index in [9.17, 15) is 14.4 Å². The smallest absolute Gasteiger partial charge is 0.355 e. The molecule has 1 amide bonds. The summed E-state index contributed by atoms with van der Waals surface area (Å²) in [5.74, 6) is -0.225. The van der Waals surface area contributed by atoms with Crippen molar-refractivity contribution in [1.29, 1.82) is 0 Å². The Morgan fingerprint density at radius 3 is 2.43 bits per heavy atom. The van der Waals surface area contributed by atoms with Crippen LogP contribution in [-0.2, 0) is 14.3 Å². The van der Waals surface area contributed by atoms with E-state index in [-0.39, 0.29) is 11.5 Å². The Bertz CT molecular complexity index is 1310. The first-order valence-electron chi connectivity index (χ1n) is 11.2. The number of esters is 1. The zero-order chi connectivity index (χ0) is 24.9. The Labute approximate surface area is 203 Å². The summed E-state index contributed by atoms with van der Waals surface area (Å²) < 4.78 is 18.5. The van der Waals surface area contributed by atoms with Gasteiger partial charge in [-0.1, -0.05) is 30.3 Å². The van der Waals surface area contributed by atoms with Crippen LogP contribution in [0.25, 0.3) is 11.8 Å². The van der Waals surface area contributed by atoms with Gasteiger partial charge in [-0.2, -0.15) is 0 Å². The molecule has 0 fully saturated rings. The van der Waals surface area contributed by atoms with E-state index in [1.165, 1.54) is 13.0 Å². The zero-order valence-electron chi connectivity index (χ0n) is 19.8. The number of benzene rings is 2. The van der Waals surface area contributed by atoms with Crippen LogP contribution >= 0.6 is 0 Å². The predicted octanol–water partition coefficient (Wildman–Crippen LogP) is 3.77. The van der Waals surface area contributed by atoms with E-state index in [1.54, 1.807) is 18.2 Å². The molecule has 2 heterocycles. The number of amides is 1. The second-order valence-corrected chi connectivity index (χ2v) is 8.10. The first-order valence-corrected chi connectivity index (χ1v) is 11.2. The van der Waals surface area contributed by atoms with Crippen molar-refractivity contribution in [2.45, 2.75) is 20.8 Å². The van der Waals surface area contributed by atoms with Crippen LogP contribution in [0.2, 0.25) is 0 Å². The van der Waals surface area contributed by atoms with Crippen LogP contribution in [0.4, 0.5) is 0 Å². The van der Waals surface area contributed by atoms with Crippen molar-refractivity contribution in [3.63, 3.8) is 0 Å². The van der Waals surface area contributed by atoms with Gasteiger partial charge in [0.05, 0.1) is 0 Å². The molecule has 3 aromatic rings. The summed E-state index contributed by atoms with van der Waals surface area (Å²) in [7, 11) is 0. The highest BCUT2D eigenvalue weighted by Crippen LogP contribution is 2.33. The average Bonchev–Trinajstić information content (AvgIpc) is 3.15. The molecule has 0 saturated carbocycles. The van der Waals surface area contributed by atoms with Crippen LogP contribution in [0.1, 0.15) is 34.2 Å². The standard InChI is InChI=1S/C27H26N2O6/c1-17-13-22(18(2)29(17)21-9-10-25-26(15-21)34-12-11-33-25)24(31)16-35-27(32)23(28-19(3)30)14-20-7-5-4-6-8-20/h4-10,13-15H,11-12,16H2,1-3H3,(H,28,30)/b23-14+. The molecule has 0 aliphatic carbocycles. The third-order valence-electron chi connectivity index (χ3n) is 5.49. The number of rotatable bonds is 7. The summed E-state index contributed by atoms with van der Waals surface area (Å²) in [6, 6.07) is 16.4. The number of aromatic nitrogens is 1. The normalized spacial score (nSPS) is 12.7. The first-order chi connectivity index (χ1) is 16.8. The maximum atomic E-state index is 13.0. The molecule has 1 N–H and O–H groups in total. The minimum Gasteiger partial charge on any atom is -0.486 e. The second-order valence-electron chi connectivity index (χ2n) is 8.10. The van der Waals surface area contributed by atoms with E-state index in [1.807, 2.05) is 54.8 Å². The fraction of sp³-hybridized carbons (Fsp3) is 0.222. The van der Waals surface area contributed by atoms with Gasteiger partial charge in [-0.05, 0) is 43.7 Å². The SMILES string of the molecule is CC(=O)N/C(=C/c1ccccc1)C(=O)OCC(=O)c1cc(C)n(-c2ccc3c(c2)OCCO3)c1C. The lowest BCUT2D eigenvalue weighted by Crippen LogP contribution is -2.27. The van der Waals surface area contributed by atoms with Gasteiger partial charge >= 0.3 is 5.97 Å². The monoisotopic (exact) mass is 474 g/mol. The number of aryl methyl sites for hydroxylation is 1. The van der Waals surface area contributed by atoms with Crippen molar-refractivity contribution in [3.05, 3.63) is 82.8 Å². The molecule has 0 unspecified atom stereocenters. The molecule has 0 atom stereocenters. The molecule has 1 aliphatic heterocycles. The van der Waals surface area contributed by atoms with E-state index in [0.29, 0.717) is 41.5 Å². The summed E-state index contributed by atoms with van der Waals surface area (Å²) in [4.78, 5) is 37.2. The molecule has 0 saturated heterocycles. The quantitative estimate of drug-likeness (QED) is 0.318. The number of nitrogens with zero attached hydrogens (tertiary/aromatic N) is 1. The van der Waals surface area contributed by atoms with Crippen molar-refractivity contribution in [2.24, 2.45) is 0 Å². The van der Waals surface area contributed by atoms with Crippen LogP contribution in [0.5, 0.6) is 11.5 Å². The molecule has 1 aliphatic rings. The Morgan fingerprint density at radius 2 is 1.71 bits per heavy atom. The van der Waals surface area contributed by atoms with Gasteiger partial charge in [-0.15, -0.1) is 0 Å². The number of nitrogens with one attached hydrogen (secondary N) is 1. The van der Waals surface area contributed by atoms with Gasteiger partial charge in [0.2, 0.25) is 11.7 Å². The highest BCUT2D eigenvalue weighted by atomic mass is 16.6. The van der Waals surface area contributed by atoms with Crippen molar-refractivity contribution in [3.8, 4) is 17.2 Å². The summed E-state index contributed by atoms with van der Waals surface area (Å²) in [6.07, 6.45) is 1.50. The van der Waals surface area contributed by atoms with E-state index >= 15 is 0 Å². The van der Waals surface area contributed by atoms with Gasteiger partial charge in [-0.25, -0.2) is 4.79 Å². The van der Waals surface area contributed by atoms with Crippen molar-refractivity contribution >= 4 is 23.7 Å². The fourth-order valence-corrected chi connectivity index (χ4v) is 3.95. The Hall–Kier alpha value is -4.33. The molecule has 0 radical (unpaired) electrons. The van der Waals surface area contributed by atoms with Gasteiger partial charge in [0, 0.05) is 35.6 Å². The van der Waals surface area contributed by atoms with E-state index in [0.717, 1.165) is 11.4 Å². The third kappa shape index (κ3) is 5.43. The largest absolute Gasteiger partial charge is 0.486 e. The Morgan fingerprint density at radius 1 is 1.00 bits per heavy atom. The number of ketones is 1. The van der Waals surface area contributed by atoms with E-state index < -0.39 is 18.5 Å². The van der Waals surface area contributed by atoms with Gasteiger partial charge < -0.3 is 24.1 Å². The summed E-state index contributed by atoms with van der Waals surface area (Å²) in [6.45, 7) is 5.55. The van der Waals surface area contributed by atoms with Crippen LogP contribution in [-0.4, -0.2) is 42.0 Å². The minimum atomic E-state index is -0.793. The molecule has 2 aromatic carbocycles. The lowest BCUT2D eigenvalue weighted by atomic mass is 10.1. The molecule has 0 spiro atoms. The van der Waals surface area contributed by atoms with Gasteiger partial charge in [0.1, 0.15) is 18.9 Å². The van der Waals surface area contributed by atoms with Gasteiger partial charge in [0.15, 0.2) is 18.1 Å². The van der Waals surface area contributed by atoms with Gasteiger partial charge in [-0.3, -0.25) is 9.59 Å². The molecule has 0 bridgehead atoms.